The van der Waals surface area contributed by atoms with Gasteiger partial charge in [0.15, 0.2) is 0 Å². The molecule has 0 amide bonds. The Hall–Kier alpha value is -1.16. The average Bonchev–Trinajstić information content (AvgIpc) is 2.77. The van der Waals surface area contributed by atoms with Crippen molar-refractivity contribution in [1.82, 2.24) is 8.96 Å². The maximum atomic E-state index is 4.52. The van der Waals surface area contributed by atoms with Crippen molar-refractivity contribution in [3.8, 4) is 0 Å². The summed E-state index contributed by atoms with van der Waals surface area (Å²) in [6.07, 6.45) is 7.94. The van der Waals surface area contributed by atoms with Gasteiger partial charge in [-0.25, -0.2) is 4.98 Å². The van der Waals surface area contributed by atoms with Gasteiger partial charge in [0, 0.05) is 24.7 Å². The van der Waals surface area contributed by atoms with Crippen molar-refractivity contribution in [3.63, 3.8) is 0 Å². The molecule has 1 saturated heterocycles. The average molecular weight is 277 g/mol. The molecule has 0 aliphatic carbocycles. The van der Waals surface area contributed by atoms with Crippen LogP contribution in [0.2, 0.25) is 0 Å². The summed E-state index contributed by atoms with van der Waals surface area (Å²) < 4.78 is 1.80. The summed E-state index contributed by atoms with van der Waals surface area (Å²) in [6.45, 7) is 8.43. The van der Waals surface area contributed by atoms with Gasteiger partial charge in [-0.1, -0.05) is 26.7 Å². The van der Waals surface area contributed by atoms with Crippen LogP contribution in [0.5, 0.6) is 0 Å². The van der Waals surface area contributed by atoms with Crippen LogP contribution in [0.1, 0.15) is 38.7 Å². The Labute approximate surface area is 121 Å². The van der Waals surface area contributed by atoms with Crippen molar-refractivity contribution < 1.29 is 0 Å². The van der Waals surface area contributed by atoms with Crippen LogP contribution < -0.4 is 4.90 Å². The molecule has 3 heterocycles. The summed E-state index contributed by atoms with van der Waals surface area (Å²) >= 11 is 4.37. The molecule has 104 valence electrons. The molecular weight excluding hydrogens is 254 g/mol. The predicted octanol–water partition coefficient (Wildman–Crippen LogP) is 4.05. The Bertz CT molecular complexity index is 542. The molecule has 1 aliphatic rings. The topological polar surface area (TPSA) is 21.1 Å². The molecule has 19 heavy (non-hydrogen) atoms. The first-order valence-corrected chi connectivity index (χ1v) is 7.57. The Morgan fingerprint density at radius 3 is 2.53 bits per heavy atom. The lowest BCUT2D eigenvalue weighted by atomic mass is 10.1. The fourth-order valence-electron chi connectivity index (χ4n) is 2.56. The third-order valence-electron chi connectivity index (χ3n) is 3.53. The molecule has 0 spiro atoms. The van der Waals surface area contributed by atoms with E-state index in [9.17, 15) is 0 Å². The first kappa shape index (κ1) is 14.3. The molecule has 4 heteroatoms. The number of hydrogen-bond acceptors (Lipinski definition) is 3. The lowest BCUT2D eigenvalue weighted by molar-refractivity contribution is 0.577. The van der Waals surface area contributed by atoms with Crippen molar-refractivity contribution >= 4 is 29.5 Å². The van der Waals surface area contributed by atoms with Gasteiger partial charge in [0.25, 0.3) is 0 Å². The Kier molecular flexibility index (Phi) is 4.75. The van der Waals surface area contributed by atoms with Crippen molar-refractivity contribution in [3.05, 3.63) is 24.0 Å². The highest BCUT2D eigenvalue weighted by Gasteiger charge is 2.13. The van der Waals surface area contributed by atoms with Crippen LogP contribution in [0, 0.1) is 6.92 Å². The Morgan fingerprint density at radius 1 is 1.16 bits per heavy atom. The largest absolute Gasteiger partial charge is 0.370 e. The number of anilines is 1. The van der Waals surface area contributed by atoms with Gasteiger partial charge in [-0.05, 0) is 37.8 Å². The van der Waals surface area contributed by atoms with Crippen molar-refractivity contribution in [1.29, 1.82) is 0 Å². The number of pyridine rings is 1. The van der Waals surface area contributed by atoms with Crippen molar-refractivity contribution in [2.24, 2.45) is 0 Å². The molecule has 0 atom stereocenters. The molecule has 0 N–H and O–H groups in total. The second-order valence-corrected chi connectivity index (χ2v) is 5.20. The molecule has 0 saturated carbocycles. The number of fused-ring (bicyclic) bond motifs is 1. The van der Waals surface area contributed by atoms with Crippen LogP contribution in [0.4, 0.5) is 5.69 Å². The highest BCUT2D eigenvalue weighted by Crippen LogP contribution is 2.26. The van der Waals surface area contributed by atoms with Crippen LogP contribution in [-0.4, -0.2) is 22.0 Å². The lowest BCUT2D eigenvalue weighted by Crippen LogP contribution is -2.29. The summed E-state index contributed by atoms with van der Waals surface area (Å²) in [5.74, 6) is 0. The quantitative estimate of drug-likeness (QED) is 0.794. The fourth-order valence-corrected chi connectivity index (χ4v) is 2.89. The Morgan fingerprint density at radius 2 is 1.84 bits per heavy atom. The smallest absolute Gasteiger partial charge is 0.150 e. The van der Waals surface area contributed by atoms with Crippen LogP contribution in [0.3, 0.4) is 0 Å². The van der Waals surface area contributed by atoms with Gasteiger partial charge in [0.05, 0.1) is 11.9 Å². The van der Waals surface area contributed by atoms with E-state index in [1.807, 2.05) is 26.2 Å². The third kappa shape index (κ3) is 2.89. The third-order valence-corrected chi connectivity index (χ3v) is 3.84. The molecular formula is C15H23N3S. The van der Waals surface area contributed by atoms with E-state index in [0.717, 1.165) is 18.7 Å². The number of hydrogen-bond donors (Lipinski definition) is 1. The molecule has 0 bridgehead atoms. The molecule has 3 nitrogen and oxygen atoms in total. The van der Waals surface area contributed by atoms with Gasteiger partial charge in [0.1, 0.15) is 5.65 Å². The number of aromatic nitrogens is 2. The lowest BCUT2D eigenvalue weighted by Gasteiger charge is -2.28. The minimum absolute atomic E-state index is 0.951. The van der Waals surface area contributed by atoms with Gasteiger partial charge >= 0.3 is 0 Å². The van der Waals surface area contributed by atoms with E-state index >= 15 is 0 Å². The molecule has 1 fully saturated rings. The van der Waals surface area contributed by atoms with Crippen molar-refractivity contribution in [2.45, 2.75) is 40.0 Å². The first-order valence-electron chi connectivity index (χ1n) is 7.17. The van der Waals surface area contributed by atoms with E-state index in [-0.39, 0.29) is 0 Å². The van der Waals surface area contributed by atoms with Crippen LogP contribution in [-0.2, 0) is 0 Å². The normalized spacial score (nSPS) is 15.3. The highest BCUT2D eigenvalue weighted by atomic mass is 32.1. The summed E-state index contributed by atoms with van der Waals surface area (Å²) in [6, 6.07) is 2.25. The maximum absolute atomic E-state index is 4.52. The predicted molar refractivity (Wildman–Crippen MR) is 86.3 cm³/mol. The molecule has 3 rings (SSSR count). The maximum Gasteiger partial charge on any atom is 0.150 e. The molecule has 2 aromatic rings. The van der Waals surface area contributed by atoms with Gasteiger partial charge in [-0.2, -0.15) is 0 Å². The zero-order chi connectivity index (χ0) is 13.8. The van der Waals surface area contributed by atoms with Crippen LogP contribution >= 0.6 is 12.8 Å². The zero-order valence-corrected chi connectivity index (χ0v) is 13.0. The number of thiol groups is 1. The van der Waals surface area contributed by atoms with Crippen LogP contribution in [0.25, 0.3) is 11.0 Å². The number of aryl methyl sites for hydroxylation is 1. The highest BCUT2D eigenvalue weighted by molar-refractivity contribution is 7.78. The number of piperidine rings is 1. The minimum atomic E-state index is 0.951. The van der Waals surface area contributed by atoms with E-state index in [0.29, 0.717) is 0 Å². The zero-order valence-electron chi connectivity index (χ0n) is 12.1. The summed E-state index contributed by atoms with van der Waals surface area (Å²) in [4.78, 5) is 6.96. The van der Waals surface area contributed by atoms with Gasteiger partial charge < -0.3 is 4.90 Å². The number of rotatable bonds is 1. The summed E-state index contributed by atoms with van der Waals surface area (Å²) in [5.41, 5.74) is 3.44. The van der Waals surface area contributed by atoms with Gasteiger partial charge in [-0.15, -0.1) is 0 Å². The molecule has 0 aromatic carbocycles. The van der Waals surface area contributed by atoms with E-state index in [4.69, 9.17) is 0 Å². The molecule has 1 aliphatic heterocycles. The van der Waals surface area contributed by atoms with Gasteiger partial charge in [-0.3, -0.25) is 3.97 Å². The van der Waals surface area contributed by atoms with E-state index < -0.39 is 0 Å². The SMILES string of the molecule is CC.Cc1cn(S)c2ncc(N3CCCCC3)cc12. The van der Waals surface area contributed by atoms with E-state index in [1.165, 1.54) is 35.9 Å². The van der Waals surface area contributed by atoms with E-state index in [2.05, 4.69) is 35.7 Å². The van der Waals surface area contributed by atoms with E-state index in [1.54, 1.807) is 3.97 Å². The standard InChI is InChI=1S/C13H17N3S.C2H6/c1-10-9-16(17)13-12(10)7-11(8-14-13)15-5-3-2-4-6-15;1-2/h7-9,17H,2-6H2,1H3;1-2H3. The summed E-state index contributed by atoms with van der Waals surface area (Å²) in [7, 11) is 0. The van der Waals surface area contributed by atoms with Crippen molar-refractivity contribution in [2.75, 3.05) is 18.0 Å². The molecule has 0 unspecified atom stereocenters. The second kappa shape index (κ2) is 6.33. The van der Waals surface area contributed by atoms with Gasteiger partial charge in [0.2, 0.25) is 0 Å². The Balaban J connectivity index is 0.000000637. The second-order valence-electron chi connectivity index (χ2n) is 4.77. The minimum Gasteiger partial charge on any atom is -0.370 e. The fraction of sp³-hybridized carbons (Fsp3) is 0.533. The molecule has 0 radical (unpaired) electrons. The van der Waals surface area contributed by atoms with Crippen LogP contribution in [0.15, 0.2) is 18.5 Å². The monoisotopic (exact) mass is 277 g/mol. The molecule has 2 aromatic heterocycles. The first-order chi connectivity index (χ1) is 9.25. The summed E-state index contributed by atoms with van der Waals surface area (Å²) in [5, 5.41) is 1.21. The number of nitrogens with zero attached hydrogens (tertiary/aromatic N) is 3.